The van der Waals surface area contributed by atoms with Gasteiger partial charge in [-0.05, 0) is 36.4 Å². The number of pyridine rings is 3. The van der Waals surface area contributed by atoms with Crippen LogP contribution in [0.15, 0.2) is 115 Å². The number of aromatic nitrogens is 3. The average Bonchev–Trinajstić information content (AvgIpc) is 3.00. The Labute approximate surface area is 256 Å². The fraction of sp³-hybridized carbons (Fsp3) is 0.0833. The van der Waals surface area contributed by atoms with Crippen LogP contribution in [-0.2, 0) is 20.1 Å². The van der Waals surface area contributed by atoms with Crippen LogP contribution in [0.5, 0.6) is 0 Å². The molecule has 2 atom stereocenters. The molecule has 0 spiro atoms. The van der Waals surface area contributed by atoms with E-state index in [0.29, 0.717) is 11.4 Å². The molecule has 0 radical (unpaired) electrons. The number of fused-ring (bicyclic) bond motifs is 6. The van der Waals surface area contributed by atoms with Gasteiger partial charge in [-0.25, -0.2) is 0 Å². The number of benzene rings is 3. The Morgan fingerprint density at radius 2 is 0.929 bits per heavy atom. The molecule has 0 aliphatic carbocycles. The molecule has 3 aromatic carbocycles. The van der Waals surface area contributed by atoms with E-state index in [-0.39, 0.29) is 37.5 Å². The molecule has 6 heteroatoms. The zero-order valence-electron chi connectivity index (χ0n) is 22.1. The van der Waals surface area contributed by atoms with E-state index in [2.05, 4.69) is 18.2 Å². The molecule has 1 aliphatic rings. The Kier molecular flexibility index (Phi) is 7.83. The van der Waals surface area contributed by atoms with Crippen molar-refractivity contribution in [3.63, 3.8) is 0 Å². The number of rotatable bonds is 3. The van der Waals surface area contributed by atoms with Crippen molar-refractivity contribution in [2.75, 3.05) is 0 Å². The zero-order valence-corrected chi connectivity index (χ0v) is 24.5. The fourth-order valence-electron chi connectivity index (χ4n) is 5.61. The molecule has 204 valence electrons. The van der Waals surface area contributed by atoms with Crippen molar-refractivity contribution in [3.8, 4) is 0 Å². The fourth-order valence-corrected chi connectivity index (χ4v) is 5.61. The molecule has 6 aromatic rings. The topological polar surface area (TPSA) is 38.7 Å². The Balaban J connectivity index is 0.00000316. The first kappa shape index (κ1) is 27.8. The summed E-state index contributed by atoms with van der Waals surface area (Å²) in [7, 11) is 0. The smallest absolute Gasteiger partial charge is 0.284 e. The van der Waals surface area contributed by atoms with Gasteiger partial charge >= 0.3 is 20.1 Å². The summed E-state index contributed by atoms with van der Waals surface area (Å²) in [5.74, 6) is -2.77. The normalized spacial score (nSPS) is 17.3. The van der Waals surface area contributed by atoms with E-state index in [1.807, 2.05) is 103 Å². The second kappa shape index (κ2) is 11.8. The molecule has 1 aliphatic heterocycles. The summed E-state index contributed by atoms with van der Waals surface area (Å²) in [6.45, 7) is 0. The minimum atomic E-state index is -0.720. The van der Waals surface area contributed by atoms with Crippen LogP contribution in [0.1, 0.15) is 68.6 Å². The Morgan fingerprint density at radius 3 is 1.31 bits per heavy atom. The van der Waals surface area contributed by atoms with Gasteiger partial charge in [0.05, 0.1) is 34.2 Å². The molecular formula is C36H22F2IrN3. The van der Waals surface area contributed by atoms with Gasteiger partial charge in [-0.2, -0.15) is 66.7 Å². The summed E-state index contributed by atoms with van der Waals surface area (Å²) in [6.07, 6.45) is 0. The summed E-state index contributed by atoms with van der Waals surface area (Å²) >= 11 is 0. The first-order valence-corrected chi connectivity index (χ1v) is 13.4. The van der Waals surface area contributed by atoms with Crippen LogP contribution in [0, 0.1) is 29.8 Å². The Morgan fingerprint density at radius 1 is 0.500 bits per heavy atom. The van der Waals surface area contributed by atoms with Gasteiger partial charge in [-0.1, -0.05) is 18.2 Å². The van der Waals surface area contributed by atoms with Gasteiger partial charge in [0.25, 0.3) is 0 Å². The summed E-state index contributed by atoms with van der Waals surface area (Å²) in [4.78, 5) is 15.4. The minimum Gasteiger partial charge on any atom is -0.284 e. The maximum absolute atomic E-state index is 15.4. The number of hydrogen-bond donors (Lipinski definition) is 0. The van der Waals surface area contributed by atoms with Crippen molar-refractivity contribution in [3.05, 3.63) is 196 Å². The van der Waals surface area contributed by atoms with Gasteiger partial charge in [-0.15, -0.1) is 28.8 Å². The van der Waals surface area contributed by atoms with E-state index in [0.717, 1.165) is 46.0 Å². The molecule has 0 N–H and O–H groups in total. The summed E-state index contributed by atoms with van der Waals surface area (Å²) in [6, 6.07) is 44.6. The van der Waals surface area contributed by atoms with Crippen LogP contribution in [-0.4, -0.2) is 15.0 Å². The standard InChI is InChI=1S/C36H22F2N3.Ir/c37-25-20-21-26(27(38)22-25)36-32-18-8-16-30(40-32)34(23-10-3-1-4-11-23)28-14-7-15-29(39-28)35(24-12-5-2-6-13-24)31-17-9-19-33(36)41-31;/h1-10,12,14-20,22,34-36H;/q-3;+3. The average molecular weight is 727 g/mol. The summed E-state index contributed by atoms with van der Waals surface area (Å²) in [5, 5.41) is 0. The molecule has 0 amide bonds. The Bertz CT molecular complexity index is 1740. The maximum Gasteiger partial charge on any atom is 3.00 e. The van der Waals surface area contributed by atoms with E-state index >= 15 is 4.39 Å². The molecule has 0 saturated carbocycles. The van der Waals surface area contributed by atoms with Crippen molar-refractivity contribution in [2.45, 2.75) is 17.8 Å². The zero-order chi connectivity index (χ0) is 27.8. The number of halogens is 2. The predicted octanol–water partition coefficient (Wildman–Crippen LogP) is 7.40. The largest absolute Gasteiger partial charge is 3.00 e. The molecule has 3 aromatic heterocycles. The van der Waals surface area contributed by atoms with Crippen LogP contribution >= 0.6 is 0 Å². The minimum absolute atomic E-state index is 0. The van der Waals surface area contributed by atoms with E-state index in [4.69, 9.17) is 15.0 Å². The predicted molar refractivity (Wildman–Crippen MR) is 151 cm³/mol. The van der Waals surface area contributed by atoms with E-state index in [1.165, 1.54) is 0 Å². The molecular weight excluding hydrogens is 705 g/mol. The van der Waals surface area contributed by atoms with Crippen LogP contribution in [0.2, 0.25) is 0 Å². The second-order valence-corrected chi connectivity index (χ2v) is 9.98. The van der Waals surface area contributed by atoms with Crippen molar-refractivity contribution in [2.24, 2.45) is 0 Å². The molecule has 7 rings (SSSR count). The van der Waals surface area contributed by atoms with Gasteiger partial charge in [0.1, 0.15) is 0 Å². The van der Waals surface area contributed by atoms with E-state index < -0.39 is 17.6 Å². The number of hydrogen-bond acceptors (Lipinski definition) is 3. The first-order chi connectivity index (χ1) is 20.2. The molecule has 2 unspecified atom stereocenters. The van der Waals surface area contributed by atoms with Gasteiger partial charge in [-0.3, -0.25) is 23.7 Å². The number of nitrogens with zero attached hydrogens (tertiary/aromatic N) is 3. The SMILES string of the molecule is Fc1c[c-]c(C2c3cccc(n3)C(c3[c-]cccc3)c3cccc(n3)C(c3[c-]cccc3)c3cccc2n3)c(F)c1.[Ir+3]. The van der Waals surface area contributed by atoms with E-state index in [9.17, 15) is 4.39 Å². The van der Waals surface area contributed by atoms with Crippen LogP contribution in [0.3, 0.4) is 0 Å². The van der Waals surface area contributed by atoms with Gasteiger partial charge < -0.3 is 0 Å². The van der Waals surface area contributed by atoms with Crippen LogP contribution in [0.25, 0.3) is 0 Å². The summed E-state index contributed by atoms with van der Waals surface area (Å²) in [5.41, 5.74) is 6.25. The Hall–Kier alpha value is -4.38. The van der Waals surface area contributed by atoms with Gasteiger partial charge in [0.2, 0.25) is 0 Å². The molecule has 6 bridgehead atoms. The maximum atomic E-state index is 15.4. The van der Waals surface area contributed by atoms with Gasteiger partial charge in [0, 0.05) is 29.4 Å². The monoisotopic (exact) mass is 727 g/mol. The molecule has 0 saturated heterocycles. The van der Waals surface area contributed by atoms with Crippen LogP contribution < -0.4 is 0 Å². The van der Waals surface area contributed by atoms with Crippen molar-refractivity contribution in [1.29, 1.82) is 0 Å². The summed E-state index contributed by atoms with van der Waals surface area (Å²) < 4.78 is 29.4. The van der Waals surface area contributed by atoms with Crippen LogP contribution in [0.4, 0.5) is 8.78 Å². The molecule has 4 heterocycles. The second-order valence-electron chi connectivity index (χ2n) is 9.98. The third kappa shape index (κ3) is 5.20. The third-order valence-corrected chi connectivity index (χ3v) is 7.42. The molecule has 0 fully saturated rings. The first-order valence-electron chi connectivity index (χ1n) is 13.4. The van der Waals surface area contributed by atoms with Crippen molar-refractivity contribution in [1.82, 2.24) is 15.0 Å². The molecule has 42 heavy (non-hydrogen) atoms. The molecule has 3 nitrogen and oxygen atoms in total. The van der Waals surface area contributed by atoms with Crippen molar-refractivity contribution < 1.29 is 28.9 Å². The quantitative estimate of drug-likeness (QED) is 0.178. The van der Waals surface area contributed by atoms with Gasteiger partial charge in [0.15, 0.2) is 0 Å². The van der Waals surface area contributed by atoms with Crippen molar-refractivity contribution >= 4 is 0 Å². The third-order valence-electron chi connectivity index (χ3n) is 7.42. The van der Waals surface area contributed by atoms with E-state index in [1.54, 1.807) is 0 Å².